The number of amidine groups is 1. The second kappa shape index (κ2) is 4.03. The van der Waals surface area contributed by atoms with Gasteiger partial charge in [-0.05, 0) is 13.0 Å². The van der Waals surface area contributed by atoms with Gasteiger partial charge in [0.25, 0.3) is 5.84 Å². The van der Waals surface area contributed by atoms with Crippen molar-refractivity contribution in [2.75, 3.05) is 13.7 Å². The van der Waals surface area contributed by atoms with Crippen molar-refractivity contribution in [1.29, 1.82) is 0 Å². The largest absolute Gasteiger partial charge is 0.380 e. The Bertz CT molecular complexity index is 398. The quantitative estimate of drug-likeness (QED) is 0.746. The Labute approximate surface area is 90.2 Å². The maximum Gasteiger partial charge on any atom is 0.275 e. The van der Waals surface area contributed by atoms with Crippen LogP contribution < -0.4 is 5.73 Å². The minimum Gasteiger partial charge on any atom is -0.380 e. The number of fused-ring (bicyclic) bond motifs is 1. The molecule has 1 aliphatic rings. The van der Waals surface area contributed by atoms with Gasteiger partial charge >= 0.3 is 0 Å². The monoisotopic (exact) mass is 205 g/mol. The molecule has 0 fully saturated rings. The lowest BCUT2D eigenvalue weighted by atomic mass is 10.1. The topological polar surface area (TPSA) is 38.3 Å². The van der Waals surface area contributed by atoms with Crippen LogP contribution in [0.1, 0.15) is 18.1 Å². The molecule has 1 atom stereocenters. The highest BCUT2D eigenvalue weighted by molar-refractivity contribution is 5.96. The minimum absolute atomic E-state index is 0.322. The molecule has 1 heterocycles. The predicted octanol–water partition coefficient (Wildman–Crippen LogP) is 0.953. The zero-order valence-electron chi connectivity index (χ0n) is 9.23. The highest BCUT2D eigenvalue weighted by atomic mass is 16.5. The summed E-state index contributed by atoms with van der Waals surface area (Å²) in [6, 6.07) is 8.60. The molecule has 2 rings (SSSR count). The molecule has 1 aromatic rings. The number of ether oxygens (including phenoxy) is 1. The summed E-state index contributed by atoms with van der Waals surface area (Å²) in [6.45, 7) is 3.73. The Morgan fingerprint density at radius 2 is 2.20 bits per heavy atom. The zero-order valence-corrected chi connectivity index (χ0v) is 9.23. The third-order valence-corrected chi connectivity index (χ3v) is 2.88. The van der Waals surface area contributed by atoms with Gasteiger partial charge in [0.05, 0.1) is 12.2 Å². The summed E-state index contributed by atoms with van der Waals surface area (Å²) in [5.41, 5.74) is 8.58. The van der Waals surface area contributed by atoms with Crippen LogP contribution in [-0.4, -0.2) is 30.2 Å². The van der Waals surface area contributed by atoms with Gasteiger partial charge < -0.3 is 4.74 Å². The van der Waals surface area contributed by atoms with Crippen LogP contribution in [0.4, 0.5) is 0 Å². The highest BCUT2D eigenvalue weighted by Crippen LogP contribution is 2.17. The molecule has 1 aliphatic heterocycles. The number of nitrogens with two attached hydrogens (primary N) is 1. The van der Waals surface area contributed by atoms with Gasteiger partial charge in [-0.2, -0.15) is 0 Å². The summed E-state index contributed by atoms with van der Waals surface area (Å²) < 4.78 is 7.34. The third kappa shape index (κ3) is 1.75. The molecular formula is C12H17N2O+. The molecule has 0 amide bonds. The molecule has 15 heavy (non-hydrogen) atoms. The van der Waals surface area contributed by atoms with E-state index in [0.29, 0.717) is 12.6 Å². The summed E-state index contributed by atoms with van der Waals surface area (Å²) in [5.74, 6) is 0.871. The molecule has 80 valence electrons. The number of methoxy groups -OCH3 is 1. The first-order valence-corrected chi connectivity index (χ1v) is 5.20. The van der Waals surface area contributed by atoms with Gasteiger partial charge in [-0.1, -0.05) is 18.2 Å². The van der Waals surface area contributed by atoms with Crippen LogP contribution >= 0.6 is 0 Å². The Balaban J connectivity index is 2.29. The van der Waals surface area contributed by atoms with Crippen LogP contribution in [0.5, 0.6) is 0 Å². The summed E-state index contributed by atoms with van der Waals surface area (Å²) in [4.78, 5) is 0. The molecule has 0 aliphatic carbocycles. The zero-order chi connectivity index (χ0) is 10.8. The fraction of sp³-hybridized carbons (Fsp3) is 0.417. The third-order valence-electron chi connectivity index (χ3n) is 2.88. The van der Waals surface area contributed by atoms with Gasteiger partial charge in [0, 0.05) is 12.7 Å². The SMILES string of the molecule is COC[C@H](C)[N+]1=C(N)c2ccccc2C1. The fourth-order valence-electron chi connectivity index (χ4n) is 2.06. The molecule has 3 heteroatoms. The smallest absolute Gasteiger partial charge is 0.275 e. The number of benzene rings is 1. The second-order valence-corrected chi connectivity index (χ2v) is 3.97. The van der Waals surface area contributed by atoms with E-state index in [2.05, 4.69) is 29.7 Å². The van der Waals surface area contributed by atoms with E-state index >= 15 is 0 Å². The van der Waals surface area contributed by atoms with Crippen molar-refractivity contribution in [1.82, 2.24) is 0 Å². The van der Waals surface area contributed by atoms with Crippen molar-refractivity contribution in [2.45, 2.75) is 19.5 Å². The molecular weight excluding hydrogens is 188 g/mol. The number of hydrogen-bond donors (Lipinski definition) is 1. The van der Waals surface area contributed by atoms with Crippen LogP contribution in [0.2, 0.25) is 0 Å². The van der Waals surface area contributed by atoms with Gasteiger partial charge in [-0.15, -0.1) is 0 Å². The normalized spacial score (nSPS) is 16.7. The summed E-state index contributed by atoms with van der Waals surface area (Å²) >= 11 is 0. The molecule has 0 radical (unpaired) electrons. The summed E-state index contributed by atoms with van der Waals surface area (Å²) in [5, 5.41) is 0. The molecule has 0 bridgehead atoms. The van der Waals surface area contributed by atoms with E-state index in [1.165, 1.54) is 11.1 Å². The van der Waals surface area contributed by atoms with E-state index in [-0.39, 0.29) is 0 Å². The molecule has 3 nitrogen and oxygen atoms in total. The lowest BCUT2D eigenvalue weighted by Crippen LogP contribution is -2.33. The molecule has 2 N–H and O–H groups in total. The average Bonchev–Trinajstić information content (AvgIpc) is 2.57. The Hall–Kier alpha value is -1.35. The maximum atomic E-state index is 6.11. The average molecular weight is 205 g/mol. The Kier molecular flexibility index (Phi) is 2.73. The summed E-state index contributed by atoms with van der Waals surface area (Å²) in [6.07, 6.45) is 0. The molecule has 0 aromatic heterocycles. The van der Waals surface area contributed by atoms with Crippen LogP contribution in [0.15, 0.2) is 24.3 Å². The van der Waals surface area contributed by atoms with E-state index < -0.39 is 0 Å². The van der Waals surface area contributed by atoms with E-state index in [9.17, 15) is 0 Å². The first-order chi connectivity index (χ1) is 7.24. The van der Waals surface area contributed by atoms with Crippen molar-refractivity contribution in [3.8, 4) is 0 Å². The second-order valence-electron chi connectivity index (χ2n) is 3.97. The summed E-state index contributed by atoms with van der Waals surface area (Å²) in [7, 11) is 1.72. The van der Waals surface area contributed by atoms with Gasteiger partial charge in [0.15, 0.2) is 0 Å². The van der Waals surface area contributed by atoms with E-state index in [0.717, 1.165) is 12.4 Å². The number of hydrogen-bond acceptors (Lipinski definition) is 2. The first kappa shape index (κ1) is 10.2. The van der Waals surface area contributed by atoms with Gasteiger partial charge in [-0.25, -0.2) is 0 Å². The van der Waals surface area contributed by atoms with Crippen LogP contribution in [0.25, 0.3) is 0 Å². The van der Waals surface area contributed by atoms with Gasteiger partial charge in [0.2, 0.25) is 0 Å². The van der Waals surface area contributed by atoms with Gasteiger partial charge in [0.1, 0.15) is 12.6 Å². The van der Waals surface area contributed by atoms with Crippen molar-refractivity contribution in [3.05, 3.63) is 35.4 Å². The fourth-order valence-corrected chi connectivity index (χ4v) is 2.06. The van der Waals surface area contributed by atoms with Crippen LogP contribution in [0, 0.1) is 0 Å². The van der Waals surface area contributed by atoms with Crippen LogP contribution in [0.3, 0.4) is 0 Å². The Morgan fingerprint density at radius 1 is 1.47 bits per heavy atom. The van der Waals surface area contributed by atoms with Crippen molar-refractivity contribution >= 4 is 5.84 Å². The number of nitrogens with zero attached hydrogens (tertiary/aromatic N) is 1. The molecule has 0 unspecified atom stereocenters. The Morgan fingerprint density at radius 3 is 2.87 bits per heavy atom. The lowest BCUT2D eigenvalue weighted by molar-refractivity contribution is -0.576. The minimum atomic E-state index is 0.322. The lowest BCUT2D eigenvalue weighted by Gasteiger charge is -2.11. The van der Waals surface area contributed by atoms with E-state index in [4.69, 9.17) is 10.5 Å². The van der Waals surface area contributed by atoms with Crippen molar-refractivity contribution in [3.63, 3.8) is 0 Å². The van der Waals surface area contributed by atoms with E-state index in [1.54, 1.807) is 7.11 Å². The first-order valence-electron chi connectivity index (χ1n) is 5.20. The van der Waals surface area contributed by atoms with Crippen molar-refractivity contribution in [2.24, 2.45) is 5.73 Å². The molecule has 0 saturated heterocycles. The molecule has 1 aromatic carbocycles. The van der Waals surface area contributed by atoms with Gasteiger partial charge in [-0.3, -0.25) is 10.3 Å². The predicted molar refractivity (Wildman–Crippen MR) is 60.0 cm³/mol. The van der Waals surface area contributed by atoms with E-state index in [1.807, 2.05) is 6.07 Å². The van der Waals surface area contributed by atoms with Crippen molar-refractivity contribution < 1.29 is 9.31 Å². The number of rotatable bonds is 3. The highest BCUT2D eigenvalue weighted by Gasteiger charge is 2.27. The molecule has 0 saturated carbocycles. The standard InChI is InChI=1S/C12H16N2O/c1-9(8-15-2)14-7-10-5-3-4-6-11(10)12(14)13/h3-6,9,13H,7-8H2,1-2H3/p+1/t9-/m0/s1. The van der Waals surface area contributed by atoms with Crippen LogP contribution in [-0.2, 0) is 11.3 Å². The molecule has 0 spiro atoms. The maximum absolute atomic E-state index is 6.11.